The summed E-state index contributed by atoms with van der Waals surface area (Å²) in [5.74, 6) is 0.326. The minimum absolute atomic E-state index is 0.145. The van der Waals surface area contributed by atoms with Crippen molar-refractivity contribution in [3.8, 4) is 5.75 Å². The van der Waals surface area contributed by atoms with Crippen molar-refractivity contribution in [2.75, 3.05) is 19.6 Å². The van der Waals surface area contributed by atoms with Gasteiger partial charge in [0, 0.05) is 31.7 Å². The molecule has 1 saturated heterocycles. The number of nitrogens with zero attached hydrogens (tertiary/aromatic N) is 2. The minimum Gasteiger partial charge on any atom is -0.508 e. The van der Waals surface area contributed by atoms with Crippen molar-refractivity contribution in [3.05, 3.63) is 77.9 Å². The van der Waals surface area contributed by atoms with Crippen molar-refractivity contribution in [3.63, 3.8) is 0 Å². The number of hydrogen-bond donors (Lipinski definition) is 1. The van der Waals surface area contributed by atoms with E-state index in [2.05, 4.69) is 67.5 Å². The van der Waals surface area contributed by atoms with Gasteiger partial charge >= 0.3 is 0 Å². The third kappa shape index (κ3) is 3.84. The standard InChI is InChI=1S/C23H30N2O/c1-5-13-24-15-19(4)25(16-18(24)3)23(20-10-8-11-21(26)14-20)22-12-7-6-9-17(22)2/h5-12,14,18-19,23,26H,1,13,15-16H2,2-4H3/t18-,19+,23?/m0/s1. The molecule has 0 amide bonds. The number of aromatic hydroxyl groups is 1. The fraction of sp³-hybridized carbons (Fsp3) is 0.391. The van der Waals surface area contributed by atoms with Gasteiger partial charge in [-0.2, -0.15) is 0 Å². The highest BCUT2D eigenvalue weighted by atomic mass is 16.3. The molecule has 2 aromatic rings. The molecule has 3 nitrogen and oxygen atoms in total. The van der Waals surface area contributed by atoms with E-state index in [0.717, 1.165) is 25.2 Å². The monoisotopic (exact) mass is 350 g/mol. The molecule has 3 atom stereocenters. The molecule has 1 heterocycles. The van der Waals surface area contributed by atoms with Crippen LogP contribution in [0.1, 0.15) is 36.6 Å². The van der Waals surface area contributed by atoms with E-state index in [9.17, 15) is 5.11 Å². The maximum Gasteiger partial charge on any atom is 0.115 e. The second-order valence-corrected chi connectivity index (χ2v) is 7.49. The van der Waals surface area contributed by atoms with Crippen molar-refractivity contribution >= 4 is 0 Å². The average molecular weight is 351 g/mol. The molecule has 2 aromatic carbocycles. The van der Waals surface area contributed by atoms with E-state index in [-0.39, 0.29) is 6.04 Å². The van der Waals surface area contributed by atoms with Crippen LogP contribution in [0.3, 0.4) is 0 Å². The van der Waals surface area contributed by atoms with Gasteiger partial charge in [0.1, 0.15) is 5.75 Å². The van der Waals surface area contributed by atoms with Gasteiger partial charge in [0.05, 0.1) is 6.04 Å². The van der Waals surface area contributed by atoms with Gasteiger partial charge in [-0.05, 0) is 49.6 Å². The van der Waals surface area contributed by atoms with Gasteiger partial charge in [-0.1, -0.05) is 42.5 Å². The third-order valence-electron chi connectivity index (χ3n) is 5.53. The lowest BCUT2D eigenvalue weighted by Gasteiger charge is -2.47. The number of phenols is 1. The van der Waals surface area contributed by atoms with Gasteiger partial charge in [0.25, 0.3) is 0 Å². The fourth-order valence-electron chi connectivity index (χ4n) is 4.14. The summed E-state index contributed by atoms with van der Waals surface area (Å²) in [5, 5.41) is 10.1. The fourth-order valence-corrected chi connectivity index (χ4v) is 4.14. The van der Waals surface area contributed by atoms with Gasteiger partial charge in [-0.15, -0.1) is 6.58 Å². The summed E-state index contributed by atoms with van der Waals surface area (Å²) >= 11 is 0. The minimum atomic E-state index is 0.145. The molecule has 0 aromatic heterocycles. The van der Waals surface area contributed by atoms with Crippen LogP contribution in [0.15, 0.2) is 61.2 Å². The molecule has 0 aliphatic carbocycles. The van der Waals surface area contributed by atoms with Gasteiger partial charge in [0.2, 0.25) is 0 Å². The van der Waals surface area contributed by atoms with Crippen molar-refractivity contribution in [2.45, 2.75) is 38.9 Å². The number of benzene rings is 2. The van der Waals surface area contributed by atoms with Crippen LogP contribution in [0.25, 0.3) is 0 Å². The van der Waals surface area contributed by atoms with Crippen LogP contribution in [0, 0.1) is 6.92 Å². The number of hydrogen-bond acceptors (Lipinski definition) is 3. The number of piperazine rings is 1. The van der Waals surface area contributed by atoms with Crippen LogP contribution < -0.4 is 0 Å². The van der Waals surface area contributed by atoms with Crippen LogP contribution in [0.2, 0.25) is 0 Å². The molecule has 138 valence electrons. The van der Waals surface area contributed by atoms with Crippen LogP contribution in [-0.2, 0) is 0 Å². The SMILES string of the molecule is C=CCN1C[C@@H](C)N(C(c2cccc(O)c2)c2ccccc2C)C[C@@H]1C. The predicted molar refractivity (Wildman–Crippen MR) is 109 cm³/mol. The Bertz CT molecular complexity index is 757. The van der Waals surface area contributed by atoms with E-state index >= 15 is 0 Å². The number of rotatable bonds is 5. The van der Waals surface area contributed by atoms with Crippen LogP contribution in [0.4, 0.5) is 0 Å². The van der Waals surface area contributed by atoms with Crippen LogP contribution in [0.5, 0.6) is 5.75 Å². The Kier molecular flexibility index (Phi) is 5.80. The molecular weight excluding hydrogens is 320 g/mol. The molecule has 3 heteroatoms. The number of aryl methyl sites for hydroxylation is 1. The molecule has 1 unspecified atom stereocenters. The summed E-state index contributed by atoms with van der Waals surface area (Å²) in [7, 11) is 0. The van der Waals surface area contributed by atoms with Crippen LogP contribution >= 0.6 is 0 Å². The Morgan fingerprint density at radius 3 is 2.58 bits per heavy atom. The first kappa shape index (κ1) is 18.7. The molecule has 1 N–H and O–H groups in total. The molecule has 0 saturated carbocycles. The molecule has 1 aliphatic heterocycles. The Hall–Kier alpha value is -2.10. The maximum absolute atomic E-state index is 10.1. The van der Waals surface area contributed by atoms with Crippen LogP contribution in [-0.4, -0.2) is 46.6 Å². The van der Waals surface area contributed by atoms with Crippen molar-refractivity contribution in [1.29, 1.82) is 0 Å². The second-order valence-electron chi connectivity index (χ2n) is 7.49. The Morgan fingerprint density at radius 2 is 1.88 bits per heavy atom. The quantitative estimate of drug-likeness (QED) is 0.811. The zero-order valence-electron chi connectivity index (χ0n) is 16.1. The molecule has 0 spiro atoms. The average Bonchev–Trinajstić information content (AvgIpc) is 2.61. The molecule has 0 radical (unpaired) electrons. The molecule has 26 heavy (non-hydrogen) atoms. The highest BCUT2D eigenvalue weighted by Gasteiger charge is 2.34. The van der Waals surface area contributed by atoms with E-state index in [1.807, 2.05) is 18.2 Å². The Morgan fingerprint density at radius 1 is 1.12 bits per heavy atom. The topological polar surface area (TPSA) is 26.7 Å². The first-order valence-electron chi connectivity index (χ1n) is 9.46. The summed E-state index contributed by atoms with van der Waals surface area (Å²) in [6.07, 6.45) is 1.99. The largest absolute Gasteiger partial charge is 0.508 e. The van der Waals surface area contributed by atoms with E-state index < -0.39 is 0 Å². The smallest absolute Gasteiger partial charge is 0.115 e. The molecular formula is C23H30N2O. The Labute approximate surface area is 157 Å². The summed E-state index contributed by atoms with van der Waals surface area (Å²) in [6, 6.07) is 17.3. The van der Waals surface area contributed by atoms with E-state index in [1.54, 1.807) is 6.07 Å². The van der Waals surface area contributed by atoms with Crippen molar-refractivity contribution in [2.24, 2.45) is 0 Å². The molecule has 1 aliphatic rings. The first-order chi connectivity index (χ1) is 12.5. The summed E-state index contributed by atoms with van der Waals surface area (Å²) in [5.41, 5.74) is 3.75. The molecule has 3 rings (SSSR count). The summed E-state index contributed by atoms with van der Waals surface area (Å²) in [6.45, 7) is 13.6. The highest BCUT2D eigenvalue weighted by Crippen LogP contribution is 2.35. The highest BCUT2D eigenvalue weighted by molar-refractivity contribution is 5.40. The lowest BCUT2D eigenvalue weighted by molar-refractivity contribution is 0.0305. The molecule has 0 bridgehead atoms. The second kappa shape index (κ2) is 8.07. The zero-order valence-corrected chi connectivity index (χ0v) is 16.1. The number of phenolic OH excluding ortho intramolecular Hbond substituents is 1. The van der Waals surface area contributed by atoms with Gasteiger partial charge in [-0.3, -0.25) is 9.80 Å². The van der Waals surface area contributed by atoms with E-state index in [0.29, 0.717) is 17.8 Å². The maximum atomic E-state index is 10.1. The summed E-state index contributed by atoms with van der Waals surface area (Å²) < 4.78 is 0. The third-order valence-corrected chi connectivity index (χ3v) is 5.53. The lowest BCUT2D eigenvalue weighted by atomic mass is 9.91. The first-order valence-corrected chi connectivity index (χ1v) is 9.46. The van der Waals surface area contributed by atoms with Gasteiger partial charge < -0.3 is 5.11 Å². The van der Waals surface area contributed by atoms with E-state index in [4.69, 9.17) is 0 Å². The normalized spacial score (nSPS) is 22.9. The van der Waals surface area contributed by atoms with Gasteiger partial charge in [-0.25, -0.2) is 0 Å². The van der Waals surface area contributed by atoms with Gasteiger partial charge in [0.15, 0.2) is 0 Å². The Balaban J connectivity index is 2.01. The van der Waals surface area contributed by atoms with E-state index in [1.165, 1.54) is 11.1 Å². The zero-order chi connectivity index (χ0) is 18.7. The predicted octanol–water partition coefficient (Wildman–Crippen LogP) is 4.37. The lowest BCUT2D eigenvalue weighted by Crippen LogP contribution is -2.57. The van der Waals surface area contributed by atoms with Crippen molar-refractivity contribution < 1.29 is 5.11 Å². The molecule has 1 fully saturated rings. The van der Waals surface area contributed by atoms with Crippen molar-refractivity contribution in [1.82, 2.24) is 9.80 Å². The summed E-state index contributed by atoms with van der Waals surface area (Å²) in [4.78, 5) is 5.08.